The van der Waals surface area contributed by atoms with Crippen LogP contribution in [-0.4, -0.2) is 60.0 Å². The van der Waals surface area contributed by atoms with Crippen molar-refractivity contribution in [1.82, 2.24) is 20.0 Å². The van der Waals surface area contributed by atoms with Gasteiger partial charge in [-0.15, -0.1) is 0 Å². The summed E-state index contributed by atoms with van der Waals surface area (Å²) < 4.78 is 12.4. The normalized spacial score (nSPS) is 17.1. The summed E-state index contributed by atoms with van der Waals surface area (Å²) in [6.07, 6.45) is 3.52. The number of rotatable bonds is 9. The fourth-order valence-electron chi connectivity index (χ4n) is 4.39. The third kappa shape index (κ3) is 7.00. The molecule has 36 heavy (non-hydrogen) atoms. The van der Waals surface area contributed by atoms with Gasteiger partial charge in [0.05, 0.1) is 12.6 Å². The van der Waals surface area contributed by atoms with Crippen LogP contribution in [0.1, 0.15) is 75.8 Å². The van der Waals surface area contributed by atoms with Gasteiger partial charge in [-0.2, -0.15) is 5.10 Å². The summed E-state index contributed by atoms with van der Waals surface area (Å²) in [6.45, 7) is 6.78. The van der Waals surface area contributed by atoms with Gasteiger partial charge in [-0.1, -0.05) is 31.7 Å². The molecular weight excluding hydrogens is 458 g/mol. The molecule has 0 bridgehead atoms. The first-order valence-corrected chi connectivity index (χ1v) is 12.2. The number of hydrogen-bond acceptors (Lipinski definition) is 6. The zero-order valence-electron chi connectivity index (χ0n) is 21.8. The predicted molar refractivity (Wildman–Crippen MR) is 143 cm³/mol. The number of hydrogen-bond donors (Lipinski definition) is 2. The molecule has 2 amide bonds. The Balaban J connectivity index is 0.00000456. The van der Waals surface area contributed by atoms with Crippen molar-refractivity contribution in [2.75, 3.05) is 33.5 Å². The van der Waals surface area contributed by atoms with Crippen molar-refractivity contribution in [3.8, 4) is 11.3 Å². The fourth-order valence-corrected chi connectivity index (χ4v) is 4.39. The number of carbonyl (C=O) groups excluding carboxylic acids is 2. The molecule has 0 radical (unpaired) electrons. The molecule has 1 heterocycles. The van der Waals surface area contributed by atoms with Crippen LogP contribution in [-0.2, 0) is 16.1 Å². The first-order valence-electron chi connectivity index (χ1n) is 12.2. The van der Waals surface area contributed by atoms with Crippen LogP contribution in [0.3, 0.4) is 0 Å². The summed E-state index contributed by atoms with van der Waals surface area (Å²) in [5, 5.41) is 7.46. The van der Waals surface area contributed by atoms with E-state index in [9.17, 15) is 9.59 Å². The minimum Gasteiger partial charge on any atom is -0.444 e. The molecule has 2 aromatic rings. The predicted octanol–water partition coefficient (Wildman–Crippen LogP) is 4.87. The lowest BCUT2D eigenvalue weighted by Gasteiger charge is -2.36. The molecule has 0 saturated heterocycles. The van der Waals surface area contributed by atoms with Gasteiger partial charge in [0.25, 0.3) is 5.91 Å². The highest BCUT2D eigenvalue weighted by Gasteiger charge is 2.34. The fraction of sp³-hybridized carbons (Fsp3) is 0.593. The number of ether oxygens (including phenoxy) is 2. The van der Waals surface area contributed by atoms with Crippen molar-refractivity contribution in [3.63, 3.8) is 0 Å². The number of amides is 2. The summed E-state index contributed by atoms with van der Waals surface area (Å²) >= 11 is 0. The van der Waals surface area contributed by atoms with Gasteiger partial charge in [-0.3, -0.25) is 4.79 Å². The number of methoxy groups -OCH3 is 1. The summed E-state index contributed by atoms with van der Waals surface area (Å²) in [4.78, 5) is 26.4. The SMILES string of the molecule is C.CNC(=O)c1c(-c2ccc(COC)cc2)nn(C2CC(CCCN(C)C(=O)OC(C)(C)C)C2)c1N. The molecule has 1 fully saturated rings. The standard InChI is InChI=1S/C26H39N5O4.CH4/c1-26(2,3)35-25(33)30(5)13-7-8-18-14-20(15-18)31-23(27)21(24(32)28-4)22(29-31)19-11-9-17(10-12-19)16-34-6;/h9-12,18,20H,7-8,13-16,27H2,1-6H3,(H,28,32);1H4. The Morgan fingerprint density at radius 3 is 2.42 bits per heavy atom. The third-order valence-corrected chi connectivity index (χ3v) is 6.31. The number of nitrogens with zero attached hydrogens (tertiary/aromatic N) is 3. The van der Waals surface area contributed by atoms with Gasteiger partial charge in [0.2, 0.25) is 0 Å². The minimum absolute atomic E-state index is 0. The lowest BCUT2D eigenvalue weighted by molar-refractivity contribution is 0.0290. The number of nitrogens with one attached hydrogen (secondary N) is 1. The Bertz CT molecular complexity index is 1020. The maximum atomic E-state index is 12.6. The van der Waals surface area contributed by atoms with Crippen molar-refractivity contribution in [2.45, 2.75) is 72.1 Å². The molecular formula is C27H43N5O4. The second-order valence-corrected chi connectivity index (χ2v) is 10.3. The van der Waals surface area contributed by atoms with Crippen LogP contribution < -0.4 is 11.1 Å². The molecule has 3 rings (SSSR count). The molecule has 9 heteroatoms. The van der Waals surface area contributed by atoms with E-state index >= 15 is 0 Å². The van der Waals surface area contributed by atoms with Gasteiger partial charge in [0.1, 0.15) is 22.7 Å². The van der Waals surface area contributed by atoms with Gasteiger partial charge in [-0.05, 0) is 57.9 Å². The highest BCUT2D eigenvalue weighted by Crippen LogP contribution is 2.43. The molecule has 3 N–H and O–H groups in total. The lowest BCUT2D eigenvalue weighted by Crippen LogP contribution is -2.35. The van der Waals surface area contributed by atoms with E-state index in [0.29, 0.717) is 36.1 Å². The van der Waals surface area contributed by atoms with Crippen molar-refractivity contribution in [2.24, 2.45) is 5.92 Å². The molecule has 0 spiro atoms. The Labute approximate surface area is 215 Å². The van der Waals surface area contributed by atoms with Crippen molar-refractivity contribution in [1.29, 1.82) is 0 Å². The summed E-state index contributed by atoms with van der Waals surface area (Å²) in [5.41, 5.74) is 8.84. The number of aromatic nitrogens is 2. The zero-order valence-corrected chi connectivity index (χ0v) is 21.8. The van der Waals surface area contributed by atoms with Crippen LogP contribution in [0.25, 0.3) is 11.3 Å². The average Bonchev–Trinajstić information content (AvgIpc) is 3.10. The Morgan fingerprint density at radius 2 is 1.86 bits per heavy atom. The van der Waals surface area contributed by atoms with E-state index in [1.165, 1.54) is 0 Å². The molecule has 200 valence electrons. The maximum Gasteiger partial charge on any atom is 0.410 e. The van der Waals surface area contributed by atoms with Crippen LogP contribution in [0, 0.1) is 5.92 Å². The monoisotopic (exact) mass is 501 g/mol. The van der Waals surface area contributed by atoms with Crippen molar-refractivity contribution in [3.05, 3.63) is 35.4 Å². The zero-order chi connectivity index (χ0) is 25.8. The van der Waals surface area contributed by atoms with Crippen LogP contribution in [0.2, 0.25) is 0 Å². The minimum atomic E-state index is -0.491. The van der Waals surface area contributed by atoms with E-state index in [-0.39, 0.29) is 25.5 Å². The summed E-state index contributed by atoms with van der Waals surface area (Å²) in [6, 6.07) is 7.98. The number of nitrogen functional groups attached to an aromatic ring is 1. The third-order valence-electron chi connectivity index (χ3n) is 6.31. The van der Waals surface area contributed by atoms with E-state index in [4.69, 9.17) is 20.3 Å². The second-order valence-electron chi connectivity index (χ2n) is 10.3. The summed E-state index contributed by atoms with van der Waals surface area (Å²) in [7, 11) is 5.02. The smallest absolute Gasteiger partial charge is 0.410 e. The number of carbonyl (C=O) groups is 2. The molecule has 1 aliphatic rings. The number of nitrogens with two attached hydrogens (primary N) is 1. The number of benzene rings is 1. The molecule has 0 aliphatic heterocycles. The second kappa shape index (κ2) is 12.3. The van der Waals surface area contributed by atoms with Crippen LogP contribution in [0.5, 0.6) is 0 Å². The number of anilines is 1. The van der Waals surface area contributed by atoms with Crippen LogP contribution >= 0.6 is 0 Å². The first kappa shape index (κ1) is 29.2. The van der Waals surface area contributed by atoms with Gasteiger partial charge in [-0.25, -0.2) is 9.48 Å². The Hall–Kier alpha value is -3.07. The maximum absolute atomic E-state index is 12.6. The molecule has 1 saturated carbocycles. The molecule has 1 aliphatic carbocycles. The highest BCUT2D eigenvalue weighted by atomic mass is 16.6. The van der Waals surface area contributed by atoms with Crippen molar-refractivity contribution >= 4 is 17.8 Å². The molecule has 0 atom stereocenters. The van der Waals surface area contributed by atoms with Crippen LogP contribution in [0.15, 0.2) is 24.3 Å². The quantitative estimate of drug-likeness (QED) is 0.507. The van der Waals surface area contributed by atoms with E-state index < -0.39 is 5.60 Å². The Morgan fingerprint density at radius 1 is 1.22 bits per heavy atom. The lowest BCUT2D eigenvalue weighted by atomic mass is 9.77. The average molecular weight is 502 g/mol. The van der Waals surface area contributed by atoms with E-state index in [0.717, 1.165) is 36.8 Å². The molecule has 1 aromatic heterocycles. The van der Waals surface area contributed by atoms with Crippen LogP contribution in [0.4, 0.5) is 10.6 Å². The van der Waals surface area contributed by atoms with Gasteiger partial charge >= 0.3 is 6.09 Å². The highest BCUT2D eigenvalue weighted by molar-refractivity contribution is 6.04. The van der Waals surface area contributed by atoms with Gasteiger partial charge < -0.3 is 25.4 Å². The van der Waals surface area contributed by atoms with Gasteiger partial charge in [0.15, 0.2) is 0 Å². The van der Waals surface area contributed by atoms with E-state index in [2.05, 4.69) is 5.32 Å². The first-order chi connectivity index (χ1) is 16.5. The molecule has 9 nitrogen and oxygen atoms in total. The summed E-state index contributed by atoms with van der Waals surface area (Å²) in [5.74, 6) is 0.690. The molecule has 0 unspecified atom stereocenters. The topological polar surface area (TPSA) is 112 Å². The van der Waals surface area contributed by atoms with E-state index in [1.54, 1.807) is 26.1 Å². The Kier molecular flexibility index (Phi) is 9.93. The van der Waals surface area contributed by atoms with Crippen molar-refractivity contribution < 1.29 is 19.1 Å². The van der Waals surface area contributed by atoms with E-state index in [1.807, 2.05) is 49.7 Å². The van der Waals surface area contributed by atoms with Gasteiger partial charge in [0, 0.05) is 33.3 Å². The largest absolute Gasteiger partial charge is 0.444 e. The molecule has 1 aromatic carbocycles.